The van der Waals surface area contributed by atoms with Crippen LogP contribution in [0.3, 0.4) is 0 Å². The molecule has 2 aromatic rings. The molecule has 1 aromatic heterocycles. The predicted molar refractivity (Wildman–Crippen MR) is 72.5 cm³/mol. The fourth-order valence-electron chi connectivity index (χ4n) is 1.50. The van der Waals surface area contributed by atoms with Crippen molar-refractivity contribution in [3.63, 3.8) is 0 Å². The number of H-pyrrole nitrogens is 1. The third kappa shape index (κ3) is 3.99. The van der Waals surface area contributed by atoms with Gasteiger partial charge in [-0.25, -0.2) is 4.98 Å². The molecule has 1 atom stereocenters. The molecule has 0 unspecified atom stereocenters. The van der Waals surface area contributed by atoms with Crippen molar-refractivity contribution >= 4 is 17.5 Å². The number of hydrogen-bond donors (Lipinski definition) is 2. The van der Waals surface area contributed by atoms with Gasteiger partial charge in [0.25, 0.3) is 5.91 Å². The van der Waals surface area contributed by atoms with E-state index in [9.17, 15) is 4.79 Å². The number of aromatic amines is 1. The second-order valence-corrected chi connectivity index (χ2v) is 4.49. The summed E-state index contributed by atoms with van der Waals surface area (Å²) in [5, 5.41) is 3.41. The van der Waals surface area contributed by atoms with Gasteiger partial charge in [-0.2, -0.15) is 0 Å². The van der Waals surface area contributed by atoms with Crippen molar-refractivity contribution in [3.8, 4) is 5.75 Å². The quantitative estimate of drug-likeness (QED) is 0.882. The predicted octanol–water partition coefficient (Wildman–Crippen LogP) is 2.26. The summed E-state index contributed by atoms with van der Waals surface area (Å²) in [6, 6.07) is 7.09. The van der Waals surface area contributed by atoms with Gasteiger partial charge < -0.3 is 15.0 Å². The standard InChI is InChI=1S/C13H14ClN3O2/c1-9(19-11-4-2-10(14)3-5-11)6-16-13(18)12-7-15-8-17-12/h2-5,7-9H,6H2,1H3,(H,15,17)(H,16,18)/t9-/m0/s1. The van der Waals surface area contributed by atoms with Crippen molar-refractivity contribution in [2.75, 3.05) is 6.54 Å². The van der Waals surface area contributed by atoms with Crippen LogP contribution in [0, 0.1) is 0 Å². The van der Waals surface area contributed by atoms with Gasteiger partial charge in [0.15, 0.2) is 0 Å². The van der Waals surface area contributed by atoms with E-state index in [-0.39, 0.29) is 12.0 Å². The third-order valence-electron chi connectivity index (χ3n) is 2.44. The molecule has 0 fully saturated rings. The molecule has 0 aliphatic heterocycles. The summed E-state index contributed by atoms with van der Waals surface area (Å²) >= 11 is 5.79. The SMILES string of the molecule is C[C@@H](CNC(=O)c1cnc[nH]1)Oc1ccc(Cl)cc1. The molecule has 2 rings (SSSR count). The van der Waals surface area contributed by atoms with Crippen LogP contribution in [-0.4, -0.2) is 28.5 Å². The summed E-state index contributed by atoms with van der Waals surface area (Å²) < 4.78 is 5.64. The van der Waals surface area contributed by atoms with E-state index in [1.54, 1.807) is 24.3 Å². The first kappa shape index (κ1) is 13.4. The van der Waals surface area contributed by atoms with Crippen LogP contribution in [0.5, 0.6) is 5.75 Å². The van der Waals surface area contributed by atoms with Gasteiger partial charge in [0.1, 0.15) is 17.5 Å². The second kappa shape index (κ2) is 6.24. The van der Waals surface area contributed by atoms with Crippen molar-refractivity contribution in [1.82, 2.24) is 15.3 Å². The fourth-order valence-corrected chi connectivity index (χ4v) is 1.62. The van der Waals surface area contributed by atoms with Gasteiger partial charge in [0.05, 0.1) is 19.1 Å². The number of nitrogens with zero attached hydrogens (tertiary/aromatic N) is 1. The zero-order valence-corrected chi connectivity index (χ0v) is 11.1. The molecule has 100 valence electrons. The minimum atomic E-state index is -0.205. The number of rotatable bonds is 5. The van der Waals surface area contributed by atoms with Crippen LogP contribution in [0.1, 0.15) is 17.4 Å². The van der Waals surface area contributed by atoms with Crippen LogP contribution < -0.4 is 10.1 Å². The Morgan fingerprint density at radius 3 is 2.84 bits per heavy atom. The fraction of sp³-hybridized carbons (Fsp3) is 0.231. The zero-order valence-electron chi connectivity index (χ0n) is 10.4. The van der Waals surface area contributed by atoms with Crippen molar-refractivity contribution in [2.24, 2.45) is 0 Å². The van der Waals surface area contributed by atoms with Crippen LogP contribution in [-0.2, 0) is 0 Å². The molecule has 0 spiro atoms. The molecule has 1 heterocycles. The molecule has 5 nitrogen and oxygen atoms in total. The summed E-state index contributed by atoms with van der Waals surface area (Å²) in [4.78, 5) is 18.2. The molecule has 19 heavy (non-hydrogen) atoms. The molecular weight excluding hydrogens is 266 g/mol. The Bertz CT molecular complexity index is 525. The first-order valence-electron chi connectivity index (χ1n) is 5.84. The highest BCUT2D eigenvalue weighted by atomic mass is 35.5. The van der Waals surface area contributed by atoms with Gasteiger partial charge in [-0.3, -0.25) is 4.79 Å². The number of amides is 1. The Morgan fingerprint density at radius 1 is 1.47 bits per heavy atom. The largest absolute Gasteiger partial charge is 0.489 e. The summed E-state index contributed by atoms with van der Waals surface area (Å²) in [5.74, 6) is 0.511. The number of benzene rings is 1. The average Bonchev–Trinajstić information content (AvgIpc) is 2.93. The Balaban J connectivity index is 1.80. The lowest BCUT2D eigenvalue weighted by atomic mass is 10.3. The lowest BCUT2D eigenvalue weighted by Crippen LogP contribution is -2.33. The summed E-state index contributed by atoms with van der Waals surface area (Å²) in [7, 11) is 0. The third-order valence-corrected chi connectivity index (χ3v) is 2.70. The highest BCUT2D eigenvalue weighted by Crippen LogP contribution is 2.16. The van der Waals surface area contributed by atoms with Gasteiger partial charge in [0.2, 0.25) is 0 Å². The Labute approximate surface area is 116 Å². The minimum Gasteiger partial charge on any atom is -0.489 e. The molecule has 1 amide bonds. The Hall–Kier alpha value is -2.01. The maximum Gasteiger partial charge on any atom is 0.269 e. The summed E-state index contributed by atoms with van der Waals surface area (Å²) in [6.07, 6.45) is 2.79. The van der Waals surface area contributed by atoms with Crippen LogP contribution in [0.25, 0.3) is 0 Å². The van der Waals surface area contributed by atoms with Crippen LogP contribution in [0.15, 0.2) is 36.8 Å². The van der Waals surface area contributed by atoms with E-state index in [4.69, 9.17) is 16.3 Å². The maximum absolute atomic E-state index is 11.7. The number of nitrogens with one attached hydrogen (secondary N) is 2. The number of imidazole rings is 1. The Morgan fingerprint density at radius 2 is 2.21 bits per heavy atom. The molecule has 0 bridgehead atoms. The average molecular weight is 280 g/mol. The van der Waals surface area contributed by atoms with Gasteiger partial charge >= 0.3 is 0 Å². The van der Waals surface area contributed by atoms with E-state index in [0.29, 0.717) is 23.0 Å². The number of ether oxygens (including phenoxy) is 1. The Kier molecular flexibility index (Phi) is 4.41. The molecule has 0 saturated carbocycles. The van der Waals surface area contributed by atoms with E-state index in [2.05, 4.69) is 15.3 Å². The van der Waals surface area contributed by atoms with Gasteiger partial charge in [-0.05, 0) is 31.2 Å². The molecule has 6 heteroatoms. The smallest absolute Gasteiger partial charge is 0.269 e. The zero-order chi connectivity index (χ0) is 13.7. The highest BCUT2D eigenvalue weighted by molar-refractivity contribution is 6.30. The van der Waals surface area contributed by atoms with Crippen LogP contribution in [0.4, 0.5) is 0 Å². The summed E-state index contributed by atoms with van der Waals surface area (Å²) in [6.45, 7) is 2.28. The topological polar surface area (TPSA) is 67.0 Å². The van der Waals surface area contributed by atoms with Crippen molar-refractivity contribution < 1.29 is 9.53 Å². The first-order valence-corrected chi connectivity index (χ1v) is 6.22. The molecular formula is C13H14ClN3O2. The molecule has 0 saturated heterocycles. The van der Waals surface area contributed by atoms with Gasteiger partial charge in [0, 0.05) is 5.02 Å². The van der Waals surface area contributed by atoms with Crippen molar-refractivity contribution in [1.29, 1.82) is 0 Å². The molecule has 0 aliphatic rings. The van der Waals surface area contributed by atoms with E-state index < -0.39 is 0 Å². The van der Waals surface area contributed by atoms with Crippen LogP contribution >= 0.6 is 11.6 Å². The number of hydrogen-bond acceptors (Lipinski definition) is 3. The van der Waals surface area contributed by atoms with Gasteiger partial charge in [-0.1, -0.05) is 11.6 Å². The molecule has 0 radical (unpaired) electrons. The van der Waals surface area contributed by atoms with E-state index in [1.807, 2.05) is 6.92 Å². The number of carbonyl (C=O) groups excluding carboxylic acids is 1. The lowest BCUT2D eigenvalue weighted by molar-refractivity contribution is 0.0928. The van der Waals surface area contributed by atoms with E-state index in [0.717, 1.165) is 0 Å². The monoisotopic (exact) mass is 279 g/mol. The van der Waals surface area contributed by atoms with Crippen molar-refractivity contribution in [2.45, 2.75) is 13.0 Å². The van der Waals surface area contributed by atoms with E-state index >= 15 is 0 Å². The number of aromatic nitrogens is 2. The number of halogens is 1. The van der Waals surface area contributed by atoms with Gasteiger partial charge in [-0.15, -0.1) is 0 Å². The van der Waals surface area contributed by atoms with Crippen molar-refractivity contribution in [3.05, 3.63) is 47.5 Å². The normalized spacial score (nSPS) is 11.9. The molecule has 2 N–H and O–H groups in total. The first-order chi connectivity index (χ1) is 9.15. The molecule has 1 aromatic carbocycles. The maximum atomic E-state index is 11.7. The lowest BCUT2D eigenvalue weighted by Gasteiger charge is -2.15. The number of carbonyl (C=O) groups is 1. The highest BCUT2D eigenvalue weighted by Gasteiger charge is 2.09. The second-order valence-electron chi connectivity index (χ2n) is 4.06. The molecule has 0 aliphatic carbocycles. The minimum absolute atomic E-state index is 0.145. The van der Waals surface area contributed by atoms with E-state index in [1.165, 1.54) is 12.5 Å². The van der Waals surface area contributed by atoms with Crippen LogP contribution in [0.2, 0.25) is 5.02 Å². The summed E-state index contributed by atoms with van der Waals surface area (Å²) in [5.41, 5.74) is 0.429.